The van der Waals surface area contributed by atoms with Crippen LogP contribution in [0, 0.1) is 6.92 Å². The Balaban J connectivity index is 2.09. The van der Waals surface area contributed by atoms with Gasteiger partial charge in [0.2, 0.25) is 0 Å². The van der Waals surface area contributed by atoms with Gasteiger partial charge in [-0.15, -0.1) is 0 Å². The van der Waals surface area contributed by atoms with Gasteiger partial charge in [0.1, 0.15) is 5.82 Å². The fraction of sp³-hybridized carbons (Fsp3) is 0.500. The molecule has 21 heavy (non-hydrogen) atoms. The van der Waals surface area contributed by atoms with E-state index in [0.29, 0.717) is 16.9 Å². The number of carboxylic acid groups (broad SMARTS) is 1. The molecule has 0 saturated heterocycles. The van der Waals surface area contributed by atoms with Crippen LogP contribution in [0.25, 0.3) is 11.0 Å². The van der Waals surface area contributed by atoms with E-state index < -0.39 is 5.97 Å². The minimum atomic E-state index is -0.899. The SMILES string of the molecule is CSC1CCCCC1n1c(C)nc2cc(C(=O)O)ccc21. The summed E-state index contributed by atoms with van der Waals surface area (Å²) in [6, 6.07) is 5.73. The van der Waals surface area contributed by atoms with Crippen molar-refractivity contribution in [2.45, 2.75) is 43.9 Å². The van der Waals surface area contributed by atoms with Crippen molar-refractivity contribution < 1.29 is 9.90 Å². The molecular formula is C16H20N2O2S. The fourth-order valence-electron chi connectivity index (χ4n) is 3.42. The van der Waals surface area contributed by atoms with Gasteiger partial charge in [-0.3, -0.25) is 0 Å². The van der Waals surface area contributed by atoms with E-state index >= 15 is 0 Å². The van der Waals surface area contributed by atoms with E-state index in [0.717, 1.165) is 16.9 Å². The van der Waals surface area contributed by atoms with Crippen LogP contribution in [0.1, 0.15) is 47.9 Å². The minimum Gasteiger partial charge on any atom is -0.478 e. The Bertz CT molecular complexity index is 680. The number of hydrogen-bond donors (Lipinski definition) is 1. The molecule has 1 aromatic heterocycles. The Morgan fingerprint density at radius 1 is 1.38 bits per heavy atom. The molecule has 1 saturated carbocycles. The van der Waals surface area contributed by atoms with Gasteiger partial charge in [-0.05, 0) is 44.2 Å². The number of carboxylic acids is 1. The van der Waals surface area contributed by atoms with Crippen molar-refractivity contribution in [1.82, 2.24) is 9.55 Å². The summed E-state index contributed by atoms with van der Waals surface area (Å²) in [6.45, 7) is 2.02. The zero-order chi connectivity index (χ0) is 15.0. The van der Waals surface area contributed by atoms with E-state index in [1.54, 1.807) is 12.1 Å². The van der Waals surface area contributed by atoms with Gasteiger partial charge in [-0.2, -0.15) is 11.8 Å². The molecule has 0 aliphatic heterocycles. The summed E-state index contributed by atoms with van der Waals surface area (Å²) >= 11 is 1.93. The van der Waals surface area contributed by atoms with Gasteiger partial charge in [-0.25, -0.2) is 9.78 Å². The maximum atomic E-state index is 11.1. The highest BCUT2D eigenvalue weighted by atomic mass is 32.2. The third kappa shape index (κ3) is 2.55. The van der Waals surface area contributed by atoms with E-state index in [1.807, 2.05) is 24.8 Å². The molecule has 2 aromatic rings. The van der Waals surface area contributed by atoms with Gasteiger partial charge in [0, 0.05) is 11.3 Å². The summed E-state index contributed by atoms with van der Waals surface area (Å²) in [5, 5.41) is 9.73. The Kier molecular flexibility index (Phi) is 3.93. The summed E-state index contributed by atoms with van der Waals surface area (Å²) in [5.41, 5.74) is 2.15. The Labute approximate surface area is 128 Å². The topological polar surface area (TPSA) is 55.1 Å². The molecule has 1 fully saturated rings. The Hall–Kier alpha value is -1.49. The average Bonchev–Trinajstić information content (AvgIpc) is 2.81. The van der Waals surface area contributed by atoms with Crippen LogP contribution in [-0.2, 0) is 0 Å². The molecule has 0 bridgehead atoms. The second-order valence-electron chi connectivity index (χ2n) is 5.66. The second-order valence-corrected chi connectivity index (χ2v) is 6.74. The van der Waals surface area contributed by atoms with Crippen LogP contribution in [-0.4, -0.2) is 32.1 Å². The Morgan fingerprint density at radius 2 is 2.14 bits per heavy atom. The lowest BCUT2D eigenvalue weighted by molar-refractivity contribution is 0.0697. The predicted octanol–water partition coefficient (Wildman–Crippen LogP) is 3.89. The van der Waals surface area contributed by atoms with Gasteiger partial charge >= 0.3 is 5.97 Å². The zero-order valence-electron chi connectivity index (χ0n) is 12.4. The molecule has 1 heterocycles. The van der Waals surface area contributed by atoms with Crippen molar-refractivity contribution in [3.05, 3.63) is 29.6 Å². The van der Waals surface area contributed by atoms with Crippen molar-refractivity contribution >= 4 is 28.8 Å². The maximum Gasteiger partial charge on any atom is 0.335 e. The van der Waals surface area contributed by atoms with E-state index in [4.69, 9.17) is 5.11 Å². The second kappa shape index (κ2) is 5.72. The maximum absolute atomic E-state index is 11.1. The lowest BCUT2D eigenvalue weighted by Crippen LogP contribution is -2.26. The van der Waals surface area contributed by atoms with Crippen LogP contribution in [0.4, 0.5) is 0 Å². The normalized spacial score (nSPS) is 22.6. The number of aromatic nitrogens is 2. The van der Waals surface area contributed by atoms with Crippen molar-refractivity contribution in [3.63, 3.8) is 0 Å². The summed E-state index contributed by atoms with van der Waals surface area (Å²) in [4.78, 5) is 15.7. The molecular weight excluding hydrogens is 284 g/mol. The number of aryl methyl sites for hydroxylation is 1. The molecule has 2 atom stereocenters. The van der Waals surface area contributed by atoms with Crippen LogP contribution in [0.2, 0.25) is 0 Å². The molecule has 1 N–H and O–H groups in total. The molecule has 4 nitrogen and oxygen atoms in total. The number of hydrogen-bond acceptors (Lipinski definition) is 3. The largest absolute Gasteiger partial charge is 0.478 e. The van der Waals surface area contributed by atoms with Crippen LogP contribution < -0.4 is 0 Å². The number of carbonyl (C=O) groups is 1. The van der Waals surface area contributed by atoms with Gasteiger partial charge in [0.15, 0.2) is 0 Å². The van der Waals surface area contributed by atoms with Gasteiger partial charge in [0.25, 0.3) is 0 Å². The van der Waals surface area contributed by atoms with Gasteiger partial charge in [-0.1, -0.05) is 12.8 Å². The van der Waals surface area contributed by atoms with Crippen molar-refractivity contribution in [2.75, 3.05) is 6.26 Å². The van der Waals surface area contributed by atoms with Crippen LogP contribution in [0.15, 0.2) is 18.2 Å². The molecule has 3 rings (SSSR count). The quantitative estimate of drug-likeness (QED) is 0.934. The molecule has 1 aliphatic carbocycles. The van der Waals surface area contributed by atoms with Crippen LogP contribution >= 0.6 is 11.8 Å². The number of rotatable bonds is 3. The molecule has 1 aromatic carbocycles. The molecule has 2 unspecified atom stereocenters. The monoisotopic (exact) mass is 304 g/mol. The van der Waals surface area contributed by atoms with Crippen LogP contribution in [0.3, 0.4) is 0 Å². The molecule has 0 spiro atoms. The first-order valence-corrected chi connectivity index (χ1v) is 8.65. The number of aromatic carboxylic acids is 1. The predicted molar refractivity (Wildman–Crippen MR) is 86.2 cm³/mol. The van der Waals surface area contributed by atoms with E-state index in [1.165, 1.54) is 25.7 Å². The Morgan fingerprint density at radius 3 is 2.86 bits per heavy atom. The lowest BCUT2D eigenvalue weighted by Gasteiger charge is -2.32. The van der Waals surface area contributed by atoms with Crippen molar-refractivity contribution in [1.29, 1.82) is 0 Å². The summed E-state index contributed by atoms with van der Waals surface area (Å²) in [6.07, 6.45) is 7.17. The minimum absolute atomic E-state index is 0.303. The summed E-state index contributed by atoms with van der Waals surface area (Å²) < 4.78 is 2.32. The van der Waals surface area contributed by atoms with Crippen LogP contribution in [0.5, 0.6) is 0 Å². The van der Waals surface area contributed by atoms with Gasteiger partial charge in [0.05, 0.1) is 16.6 Å². The van der Waals surface area contributed by atoms with Gasteiger partial charge < -0.3 is 9.67 Å². The highest BCUT2D eigenvalue weighted by molar-refractivity contribution is 7.99. The number of imidazole rings is 1. The third-order valence-corrected chi connectivity index (χ3v) is 5.57. The molecule has 0 radical (unpaired) electrons. The zero-order valence-corrected chi connectivity index (χ0v) is 13.2. The summed E-state index contributed by atoms with van der Waals surface area (Å²) in [7, 11) is 0. The number of nitrogens with zero attached hydrogens (tertiary/aromatic N) is 2. The molecule has 0 amide bonds. The molecule has 112 valence electrons. The smallest absolute Gasteiger partial charge is 0.335 e. The van der Waals surface area contributed by atoms with Crippen molar-refractivity contribution in [3.8, 4) is 0 Å². The first-order chi connectivity index (χ1) is 10.1. The van der Waals surface area contributed by atoms with E-state index in [2.05, 4.69) is 15.8 Å². The average molecular weight is 304 g/mol. The first kappa shape index (κ1) is 14.4. The van der Waals surface area contributed by atoms with Crippen molar-refractivity contribution in [2.24, 2.45) is 0 Å². The molecule has 5 heteroatoms. The summed E-state index contributed by atoms with van der Waals surface area (Å²) in [5.74, 6) is 0.0854. The van der Waals surface area contributed by atoms with E-state index in [-0.39, 0.29) is 0 Å². The lowest BCUT2D eigenvalue weighted by atomic mass is 9.94. The number of thioether (sulfide) groups is 1. The number of fused-ring (bicyclic) bond motifs is 1. The van der Waals surface area contributed by atoms with E-state index in [9.17, 15) is 4.79 Å². The first-order valence-electron chi connectivity index (χ1n) is 7.36. The standard InChI is InChI=1S/C16H20N2O2S/c1-10-17-12-9-11(16(19)20)7-8-13(12)18(10)14-5-3-4-6-15(14)21-2/h7-9,14-15H,3-6H2,1-2H3,(H,19,20). The fourth-order valence-corrected chi connectivity index (χ4v) is 4.39. The highest BCUT2D eigenvalue weighted by Gasteiger charge is 2.28. The third-order valence-electron chi connectivity index (χ3n) is 4.41. The highest BCUT2D eigenvalue weighted by Crippen LogP contribution is 2.38. The molecule has 1 aliphatic rings. The number of benzene rings is 1.